The van der Waals surface area contributed by atoms with Crippen LogP contribution in [-0.2, 0) is 42.7 Å². The van der Waals surface area contributed by atoms with Crippen molar-refractivity contribution in [2.24, 2.45) is 23.7 Å². The van der Waals surface area contributed by atoms with Crippen LogP contribution in [0.3, 0.4) is 0 Å². The molecule has 1 aromatic rings. The van der Waals surface area contributed by atoms with Crippen LogP contribution in [0, 0.1) is 23.7 Å². The van der Waals surface area contributed by atoms with Crippen LogP contribution in [-0.4, -0.2) is 149 Å². The van der Waals surface area contributed by atoms with Crippen molar-refractivity contribution >= 4 is 17.8 Å². The van der Waals surface area contributed by atoms with E-state index in [1.54, 1.807) is 41.5 Å². The molecule has 0 bridgehead atoms. The van der Waals surface area contributed by atoms with Crippen molar-refractivity contribution < 1.29 is 63.2 Å². The summed E-state index contributed by atoms with van der Waals surface area (Å²) in [6, 6.07) is 9.42. The number of hydrogen-bond donors (Lipinski definition) is 4. The first-order valence-corrected chi connectivity index (χ1v) is 21.7. The Kier molecular flexibility index (Phi) is 17.5. The average molecular weight is 850 g/mol. The molecule has 18 atom stereocenters. The van der Waals surface area contributed by atoms with E-state index in [1.165, 1.54) is 14.0 Å². The predicted molar refractivity (Wildman–Crippen MR) is 225 cm³/mol. The maximum Gasteiger partial charge on any atom is 0.311 e. The smallest absolute Gasteiger partial charge is 0.311 e. The van der Waals surface area contributed by atoms with Crippen LogP contribution < -0.4 is 0 Å². The van der Waals surface area contributed by atoms with Crippen LogP contribution in [0.25, 0.3) is 6.08 Å². The van der Waals surface area contributed by atoms with Gasteiger partial charge in [0.05, 0.1) is 54.2 Å². The minimum absolute atomic E-state index is 0.0718. The molecule has 4 rings (SSSR count). The third kappa shape index (κ3) is 11.4. The van der Waals surface area contributed by atoms with Gasteiger partial charge in [0.25, 0.3) is 0 Å². The number of nitrogens with zero attached hydrogens (tertiary/aromatic N) is 1. The molecule has 0 spiro atoms. The molecule has 3 fully saturated rings. The standard InChI is InChI=1S/C46H75NO13/c1-14-34-46(10,53)39(50)28(4)36(48)26(2)24-45(9,55-22-18-21-32-19-16-15-17-20-32)41(60-43-37(49)33(47(11)12)23-27(3)56-43)29(5)38(30(6)42(52)58-34)59-35-25-44(8,54-13)40(51)31(7)57-35/h15-21,26-31,33-35,37-41,43,49-51,53H,14,22-25H2,1-13H3/b21-18+/t26-,27-,28+,29+,30-,31+,33+,34-,35+,37-,38+,39-,40+,41-,43+,44-,45-,46-/m1/s1. The van der Waals surface area contributed by atoms with E-state index in [0.29, 0.717) is 6.42 Å². The molecule has 3 aliphatic heterocycles. The Morgan fingerprint density at radius 1 is 0.883 bits per heavy atom. The number of Topliss-reactive ketones (excluding diaryl/α,β-unsaturated/α-hetero) is 1. The van der Waals surface area contributed by atoms with Gasteiger partial charge in [0.15, 0.2) is 12.6 Å². The second kappa shape index (κ2) is 20.9. The van der Waals surface area contributed by atoms with Crippen molar-refractivity contribution in [1.82, 2.24) is 4.90 Å². The summed E-state index contributed by atoms with van der Waals surface area (Å²) in [7, 11) is 5.28. The Bertz CT molecular complexity index is 1560. The number of rotatable bonds is 11. The van der Waals surface area contributed by atoms with E-state index in [4.69, 9.17) is 33.2 Å². The lowest BCUT2D eigenvalue weighted by atomic mass is 9.73. The molecular formula is C46H75NO13. The van der Waals surface area contributed by atoms with E-state index >= 15 is 0 Å². The molecular weight excluding hydrogens is 774 g/mol. The van der Waals surface area contributed by atoms with E-state index in [-0.39, 0.29) is 43.8 Å². The van der Waals surface area contributed by atoms with Gasteiger partial charge in [-0.1, -0.05) is 70.2 Å². The zero-order valence-corrected chi connectivity index (χ0v) is 38.1. The van der Waals surface area contributed by atoms with E-state index in [1.807, 2.05) is 82.3 Å². The average Bonchev–Trinajstić information content (AvgIpc) is 3.20. The Hall–Kier alpha value is -2.34. The fraction of sp³-hybridized carbons (Fsp3) is 0.783. The highest BCUT2D eigenvalue weighted by atomic mass is 16.7. The Morgan fingerprint density at radius 3 is 2.13 bits per heavy atom. The highest BCUT2D eigenvalue weighted by Gasteiger charge is 2.54. The fourth-order valence-corrected chi connectivity index (χ4v) is 9.51. The third-order valence-corrected chi connectivity index (χ3v) is 13.4. The summed E-state index contributed by atoms with van der Waals surface area (Å²) in [6.07, 6.45) is -5.37. The SMILES string of the molecule is CC[C@H]1OC(=O)[C@H](C)[C@@H](O[C@H]2C[C@@](C)(OC)[C@@H](O)[C@H](C)O2)[C@H](C)[C@@H](O[C@@H]2O[C@H](C)C[C@H](N(C)C)[C@H]2O)[C@](C)(OC/C=C/c2ccccc2)C[C@@H](C)C(=O)[C@H](C)[C@@H](O)[C@]1(C)O. The van der Waals surface area contributed by atoms with Crippen molar-refractivity contribution in [3.8, 4) is 0 Å². The van der Waals surface area contributed by atoms with Gasteiger partial charge in [-0.2, -0.15) is 0 Å². The number of ether oxygens (including phenoxy) is 7. The first kappa shape index (κ1) is 50.3. The van der Waals surface area contributed by atoms with Gasteiger partial charge in [-0.3, -0.25) is 9.59 Å². The molecule has 3 saturated heterocycles. The number of esters is 1. The lowest BCUT2D eigenvalue weighted by Crippen LogP contribution is -2.61. The summed E-state index contributed by atoms with van der Waals surface area (Å²) in [4.78, 5) is 30.7. The summed E-state index contributed by atoms with van der Waals surface area (Å²) in [5.74, 6) is -4.67. The monoisotopic (exact) mass is 850 g/mol. The molecule has 342 valence electrons. The summed E-state index contributed by atoms with van der Waals surface area (Å²) >= 11 is 0. The largest absolute Gasteiger partial charge is 0.459 e. The summed E-state index contributed by atoms with van der Waals surface area (Å²) in [5, 5.41) is 46.3. The lowest BCUT2D eigenvalue weighted by Gasteiger charge is -2.50. The molecule has 14 heteroatoms. The van der Waals surface area contributed by atoms with Gasteiger partial charge >= 0.3 is 5.97 Å². The quantitative estimate of drug-likeness (QED) is 0.228. The molecule has 0 aromatic heterocycles. The van der Waals surface area contributed by atoms with Crippen LogP contribution >= 0.6 is 0 Å². The van der Waals surface area contributed by atoms with E-state index in [0.717, 1.165) is 5.56 Å². The number of methoxy groups -OCH3 is 1. The molecule has 4 N–H and O–H groups in total. The number of aliphatic hydroxyl groups excluding tert-OH is 3. The van der Waals surface area contributed by atoms with Crippen LogP contribution in [0.4, 0.5) is 0 Å². The zero-order chi connectivity index (χ0) is 44.9. The number of likely N-dealkylation sites (N-methyl/N-ethyl adjacent to an activating group) is 1. The van der Waals surface area contributed by atoms with Crippen LogP contribution in [0.2, 0.25) is 0 Å². The topological polar surface area (TPSA) is 183 Å². The highest BCUT2D eigenvalue weighted by Crippen LogP contribution is 2.42. The van der Waals surface area contributed by atoms with Crippen molar-refractivity contribution in [2.45, 2.75) is 179 Å². The van der Waals surface area contributed by atoms with Gasteiger partial charge < -0.3 is 58.5 Å². The highest BCUT2D eigenvalue weighted by molar-refractivity contribution is 5.83. The van der Waals surface area contributed by atoms with Gasteiger partial charge in [-0.15, -0.1) is 0 Å². The Balaban J connectivity index is 1.92. The first-order valence-electron chi connectivity index (χ1n) is 21.7. The third-order valence-electron chi connectivity index (χ3n) is 13.4. The van der Waals surface area contributed by atoms with Gasteiger partial charge in [-0.25, -0.2) is 0 Å². The molecule has 0 aliphatic carbocycles. The molecule has 3 aliphatic rings. The molecule has 3 heterocycles. The Labute approximate surface area is 357 Å². The van der Waals surface area contributed by atoms with Crippen LogP contribution in [0.1, 0.15) is 100 Å². The summed E-state index contributed by atoms with van der Waals surface area (Å²) < 4.78 is 45.2. The molecule has 1 aromatic carbocycles. The number of ketones is 1. The number of hydrogen-bond acceptors (Lipinski definition) is 14. The fourth-order valence-electron chi connectivity index (χ4n) is 9.51. The summed E-state index contributed by atoms with van der Waals surface area (Å²) in [5.41, 5.74) is -3.44. The van der Waals surface area contributed by atoms with Crippen molar-refractivity contribution in [1.29, 1.82) is 0 Å². The number of aliphatic hydroxyl groups is 4. The molecule has 60 heavy (non-hydrogen) atoms. The number of benzene rings is 1. The molecule has 0 saturated carbocycles. The molecule has 0 unspecified atom stereocenters. The van der Waals surface area contributed by atoms with E-state index in [2.05, 4.69) is 0 Å². The Morgan fingerprint density at radius 2 is 1.53 bits per heavy atom. The number of carbonyl (C=O) groups is 2. The van der Waals surface area contributed by atoms with Gasteiger partial charge in [-0.05, 0) is 80.5 Å². The number of carbonyl (C=O) groups excluding carboxylic acids is 2. The van der Waals surface area contributed by atoms with E-state index in [9.17, 15) is 30.0 Å². The van der Waals surface area contributed by atoms with Gasteiger partial charge in [0.2, 0.25) is 0 Å². The number of cyclic esters (lactones) is 1. The maximum absolute atomic E-state index is 14.4. The normalized spacial score (nSPS) is 44.1. The van der Waals surface area contributed by atoms with Crippen LogP contribution in [0.5, 0.6) is 0 Å². The molecule has 0 amide bonds. The van der Waals surface area contributed by atoms with E-state index < -0.39 is 102 Å². The second-order valence-electron chi connectivity index (χ2n) is 18.6. The predicted octanol–water partition coefficient (Wildman–Crippen LogP) is 4.52. The van der Waals surface area contributed by atoms with Crippen molar-refractivity contribution in [3.05, 3.63) is 42.0 Å². The maximum atomic E-state index is 14.4. The summed E-state index contributed by atoms with van der Waals surface area (Å²) in [6.45, 7) is 17.3. The van der Waals surface area contributed by atoms with Crippen molar-refractivity contribution in [3.63, 3.8) is 0 Å². The zero-order valence-electron chi connectivity index (χ0n) is 38.1. The van der Waals surface area contributed by atoms with Gasteiger partial charge in [0, 0.05) is 37.3 Å². The minimum Gasteiger partial charge on any atom is -0.459 e. The van der Waals surface area contributed by atoms with Crippen LogP contribution in [0.15, 0.2) is 36.4 Å². The molecule has 0 radical (unpaired) electrons. The second-order valence-corrected chi connectivity index (χ2v) is 18.6. The molecule has 14 nitrogen and oxygen atoms in total. The van der Waals surface area contributed by atoms with Crippen molar-refractivity contribution in [2.75, 3.05) is 27.8 Å². The first-order chi connectivity index (χ1) is 28.0. The van der Waals surface area contributed by atoms with Gasteiger partial charge in [0.1, 0.15) is 29.7 Å². The minimum atomic E-state index is -1.99. The lowest BCUT2D eigenvalue weighted by molar-refractivity contribution is -0.320.